The Bertz CT molecular complexity index is 706. The van der Waals surface area contributed by atoms with Crippen molar-refractivity contribution in [2.75, 3.05) is 13.2 Å². The summed E-state index contributed by atoms with van der Waals surface area (Å²) in [4.78, 5) is 11.7. The van der Waals surface area contributed by atoms with Crippen LogP contribution in [0.25, 0.3) is 0 Å². The van der Waals surface area contributed by atoms with Gasteiger partial charge in [-0.15, -0.1) is 0 Å². The summed E-state index contributed by atoms with van der Waals surface area (Å²) in [5.74, 6) is 0.159. The van der Waals surface area contributed by atoms with Crippen LogP contribution < -0.4 is 10.1 Å². The molecule has 0 heterocycles. The second kappa shape index (κ2) is 9.65. The molecule has 0 aliphatic rings. The first-order valence-electron chi connectivity index (χ1n) is 8.27. The second-order valence-corrected chi connectivity index (χ2v) is 5.61. The van der Waals surface area contributed by atoms with E-state index in [4.69, 9.17) is 9.47 Å². The number of rotatable bonds is 8. The Morgan fingerprint density at radius 2 is 1.88 bits per heavy atom. The Morgan fingerprint density at radius 1 is 1.15 bits per heavy atom. The smallest absolute Gasteiger partial charge is 0.407 e. The summed E-state index contributed by atoms with van der Waals surface area (Å²) in [6.45, 7) is 2.04. The van der Waals surface area contributed by atoms with Crippen LogP contribution in [0, 0.1) is 0 Å². The topological polar surface area (TPSA) is 108 Å². The minimum Gasteiger partial charge on any atom is -0.504 e. The van der Waals surface area contributed by atoms with Crippen molar-refractivity contribution >= 4 is 6.09 Å². The van der Waals surface area contributed by atoms with Gasteiger partial charge in [0.25, 0.3) is 0 Å². The van der Waals surface area contributed by atoms with Crippen molar-refractivity contribution in [1.82, 2.24) is 5.32 Å². The van der Waals surface area contributed by atoms with E-state index in [-0.39, 0.29) is 24.7 Å². The second-order valence-electron chi connectivity index (χ2n) is 5.61. The number of amides is 1. The maximum Gasteiger partial charge on any atom is 0.407 e. The Kier molecular flexibility index (Phi) is 7.25. The van der Waals surface area contributed by atoms with Gasteiger partial charge >= 0.3 is 6.09 Å². The molecule has 2 aromatic carbocycles. The zero-order valence-electron chi connectivity index (χ0n) is 14.5. The monoisotopic (exact) mass is 361 g/mol. The molecule has 140 valence electrons. The Labute approximate surface area is 151 Å². The average Bonchev–Trinajstić information content (AvgIpc) is 2.66. The number of phenols is 1. The molecule has 1 amide bonds. The highest BCUT2D eigenvalue weighted by Crippen LogP contribution is 2.30. The third kappa shape index (κ3) is 5.65. The van der Waals surface area contributed by atoms with Crippen molar-refractivity contribution in [1.29, 1.82) is 0 Å². The fourth-order valence-corrected chi connectivity index (χ4v) is 2.28. The molecule has 0 radical (unpaired) electrons. The molecule has 0 spiro atoms. The van der Waals surface area contributed by atoms with E-state index in [0.717, 1.165) is 5.56 Å². The summed E-state index contributed by atoms with van der Waals surface area (Å²) < 4.78 is 10.3. The van der Waals surface area contributed by atoms with Gasteiger partial charge in [0.15, 0.2) is 11.5 Å². The van der Waals surface area contributed by atoms with Crippen LogP contribution in [0.2, 0.25) is 0 Å². The summed E-state index contributed by atoms with van der Waals surface area (Å²) in [7, 11) is 0. The molecule has 0 saturated heterocycles. The molecule has 0 saturated carbocycles. The fraction of sp³-hybridized carbons (Fsp3) is 0.316. The molecule has 2 rings (SSSR count). The first kappa shape index (κ1) is 19.6. The Morgan fingerprint density at radius 3 is 2.58 bits per heavy atom. The molecule has 0 fully saturated rings. The lowest BCUT2D eigenvalue weighted by atomic mass is 10.0. The van der Waals surface area contributed by atoms with Gasteiger partial charge < -0.3 is 30.1 Å². The van der Waals surface area contributed by atoms with Crippen molar-refractivity contribution in [2.45, 2.75) is 25.7 Å². The molecular formula is C19H23NO6. The first-order chi connectivity index (χ1) is 12.5. The zero-order valence-corrected chi connectivity index (χ0v) is 14.5. The van der Waals surface area contributed by atoms with E-state index < -0.39 is 18.3 Å². The first-order valence-corrected chi connectivity index (χ1v) is 8.27. The van der Waals surface area contributed by atoms with Crippen molar-refractivity contribution in [3.8, 4) is 11.5 Å². The summed E-state index contributed by atoms with van der Waals surface area (Å²) >= 11 is 0. The van der Waals surface area contributed by atoms with E-state index in [9.17, 15) is 20.1 Å². The van der Waals surface area contributed by atoms with Gasteiger partial charge in [-0.3, -0.25) is 0 Å². The van der Waals surface area contributed by atoms with Crippen LogP contribution in [0.5, 0.6) is 11.5 Å². The largest absolute Gasteiger partial charge is 0.504 e. The lowest BCUT2D eigenvalue weighted by molar-refractivity contribution is 0.0182. The van der Waals surface area contributed by atoms with Crippen molar-refractivity contribution < 1.29 is 29.6 Å². The highest BCUT2D eigenvalue weighted by Gasteiger charge is 2.20. The summed E-state index contributed by atoms with van der Waals surface area (Å²) in [6, 6.07) is 13.5. The minimum absolute atomic E-state index is 0.0556. The van der Waals surface area contributed by atoms with Gasteiger partial charge in [0, 0.05) is 6.54 Å². The number of carbonyl (C=O) groups excluding carboxylic acids is 1. The number of ether oxygens (including phenoxy) is 2. The average molecular weight is 361 g/mol. The maximum absolute atomic E-state index is 11.7. The highest BCUT2D eigenvalue weighted by atomic mass is 16.5. The third-order valence-electron chi connectivity index (χ3n) is 3.66. The molecule has 0 aliphatic heterocycles. The maximum atomic E-state index is 11.7. The van der Waals surface area contributed by atoms with E-state index in [1.54, 1.807) is 6.92 Å². The van der Waals surface area contributed by atoms with Crippen LogP contribution in [0.4, 0.5) is 4.79 Å². The Hall–Kier alpha value is -2.77. The molecule has 0 aliphatic carbocycles. The predicted molar refractivity (Wildman–Crippen MR) is 94.9 cm³/mol. The van der Waals surface area contributed by atoms with Gasteiger partial charge in [-0.2, -0.15) is 0 Å². The molecule has 26 heavy (non-hydrogen) atoms. The number of benzene rings is 2. The summed E-state index contributed by atoms with van der Waals surface area (Å²) in [5, 5.41) is 32.4. The lowest BCUT2D eigenvalue weighted by Crippen LogP contribution is -2.35. The number of aromatic hydroxyl groups is 1. The number of hydrogen-bond donors (Lipinski definition) is 4. The number of phenolic OH excluding ortho intramolecular Hbond substituents is 1. The fourth-order valence-electron chi connectivity index (χ4n) is 2.28. The molecule has 2 aromatic rings. The van der Waals surface area contributed by atoms with Gasteiger partial charge in [0.2, 0.25) is 0 Å². The number of alkyl carbamates (subject to hydrolysis) is 1. The van der Waals surface area contributed by atoms with Gasteiger partial charge in [-0.05, 0) is 30.2 Å². The van der Waals surface area contributed by atoms with Gasteiger partial charge in [-0.1, -0.05) is 36.4 Å². The van der Waals surface area contributed by atoms with Gasteiger partial charge in [-0.25, -0.2) is 4.79 Å². The van der Waals surface area contributed by atoms with E-state index in [1.807, 2.05) is 30.3 Å². The van der Waals surface area contributed by atoms with Crippen molar-refractivity contribution in [2.24, 2.45) is 0 Å². The minimum atomic E-state index is -1.26. The quantitative estimate of drug-likeness (QED) is 0.573. The van der Waals surface area contributed by atoms with E-state index in [1.165, 1.54) is 18.2 Å². The summed E-state index contributed by atoms with van der Waals surface area (Å²) in [5.41, 5.74) is 1.20. The standard InChI is InChI=1S/C19H23NO6/c1-2-25-17-10-14(8-9-15(17)21)18(23)16(22)11-20-19(24)26-12-13-6-4-3-5-7-13/h3-10,16,18,21-23H,2,11-12H2,1H3,(H,20,24). The lowest BCUT2D eigenvalue weighted by Gasteiger charge is -2.19. The molecule has 0 bridgehead atoms. The van der Waals surface area contributed by atoms with Crippen LogP contribution >= 0.6 is 0 Å². The van der Waals surface area contributed by atoms with Crippen molar-refractivity contribution in [3.63, 3.8) is 0 Å². The summed E-state index contributed by atoms with van der Waals surface area (Å²) in [6.07, 6.45) is -3.21. The van der Waals surface area contributed by atoms with E-state index in [0.29, 0.717) is 12.2 Å². The number of hydrogen-bond acceptors (Lipinski definition) is 6. The Balaban J connectivity index is 1.83. The predicted octanol–water partition coefficient (Wildman–Crippen LogP) is 2.11. The van der Waals surface area contributed by atoms with Crippen LogP contribution in [0.3, 0.4) is 0 Å². The highest BCUT2D eigenvalue weighted by molar-refractivity contribution is 5.67. The normalized spacial score (nSPS) is 12.9. The van der Waals surface area contributed by atoms with Crippen LogP contribution in [-0.4, -0.2) is 40.7 Å². The van der Waals surface area contributed by atoms with Gasteiger partial charge in [0.1, 0.15) is 18.8 Å². The number of carbonyl (C=O) groups is 1. The number of aliphatic hydroxyl groups is 2. The van der Waals surface area contributed by atoms with E-state index in [2.05, 4.69) is 5.32 Å². The third-order valence-corrected chi connectivity index (χ3v) is 3.66. The van der Waals surface area contributed by atoms with Gasteiger partial charge in [0.05, 0.1) is 6.61 Å². The molecule has 7 nitrogen and oxygen atoms in total. The molecular weight excluding hydrogens is 338 g/mol. The molecule has 0 aromatic heterocycles. The van der Waals surface area contributed by atoms with Crippen LogP contribution in [0.1, 0.15) is 24.2 Å². The molecule has 7 heteroatoms. The van der Waals surface area contributed by atoms with Crippen LogP contribution in [-0.2, 0) is 11.3 Å². The molecule has 4 N–H and O–H groups in total. The number of nitrogens with one attached hydrogen (secondary N) is 1. The van der Waals surface area contributed by atoms with Crippen molar-refractivity contribution in [3.05, 3.63) is 59.7 Å². The SMILES string of the molecule is CCOc1cc(C(O)C(O)CNC(=O)OCc2ccccc2)ccc1O. The zero-order chi connectivity index (χ0) is 18.9. The molecule has 2 unspecified atom stereocenters. The van der Waals surface area contributed by atoms with E-state index >= 15 is 0 Å². The molecule has 2 atom stereocenters. The van der Waals surface area contributed by atoms with Crippen LogP contribution in [0.15, 0.2) is 48.5 Å². The number of aliphatic hydroxyl groups excluding tert-OH is 2.